The Hall–Kier alpha value is -2.32. The largest absolute Gasteiger partial charge is 0.480 e. The van der Waals surface area contributed by atoms with Crippen molar-refractivity contribution in [2.24, 2.45) is 0 Å². The molecule has 1 fully saturated rings. The van der Waals surface area contributed by atoms with Gasteiger partial charge in [-0.1, -0.05) is 0 Å². The van der Waals surface area contributed by atoms with Crippen LogP contribution in [0.1, 0.15) is 12.8 Å². The van der Waals surface area contributed by atoms with Gasteiger partial charge >= 0.3 is 18.0 Å². The van der Waals surface area contributed by atoms with E-state index in [-0.39, 0.29) is 25.3 Å². The third kappa shape index (κ3) is 4.75. The van der Waals surface area contributed by atoms with E-state index in [0.717, 1.165) is 0 Å². The molecule has 0 aromatic rings. The van der Waals surface area contributed by atoms with Crippen LogP contribution in [0.5, 0.6) is 0 Å². The summed E-state index contributed by atoms with van der Waals surface area (Å²) in [6, 6.07) is -1.84. The number of hydrogen-bond acceptors (Lipinski definition) is 5. The molecule has 20 heavy (non-hydrogen) atoms. The topological polar surface area (TPSA) is 125 Å². The SMILES string of the molecule is COC(=O)CC[C@@H](NC(=O)N1CCNC(=O)C1)C(=O)O. The first-order chi connectivity index (χ1) is 9.43. The van der Waals surface area contributed by atoms with E-state index in [1.165, 1.54) is 12.0 Å². The fraction of sp³-hybridized carbons (Fsp3) is 0.636. The van der Waals surface area contributed by atoms with Gasteiger partial charge in [0.1, 0.15) is 12.6 Å². The maximum Gasteiger partial charge on any atom is 0.326 e. The Balaban J connectivity index is 2.51. The Kier molecular flexibility index (Phi) is 5.75. The van der Waals surface area contributed by atoms with Gasteiger partial charge in [0.2, 0.25) is 5.91 Å². The first kappa shape index (κ1) is 15.7. The molecule has 0 aliphatic carbocycles. The number of carboxylic acids is 1. The summed E-state index contributed by atoms with van der Waals surface area (Å²) in [5.74, 6) is -2.10. The molecule has 0 spiro atoms. The molecule has 1 aliphatic heterocycles. The number of amides is 3. The first-order valence-electron chi connectivity index (χ1n) is 6.05. The smallest absolute Gasteiger partial charge is 0.326 e. The predicted molar refractivity (Wildman–Crippen MR) is 65.8 cm³/mol. The summed E-state index contributed by atoms with van der Waals surface area (Å²) in [7, 11) is 1.20. The lowest BCUT2D eigenvalue weighted by Crippen LogP contribution is -2.55. The van der Waals surface area contributed by atoms with Gasteiger partial charge in [0.25, 0.3) is 0 Å². The molecule has 3 N–H and O–H groups in total. The van der Waals surface area contributed by atoms with Gasteiger partial charge in [-0.3, -0.25) is 9.59 Å². The Labute approximate surface area is 115 Å². The van der Waals surface area contributed by atoms with Crippen LogP contribution in [0.4, 0.5) is 4.79 Å². The van der Waals surface area contributed by atoms with Crippen molar-refractivity contribution in [1.29, 1.82) is 0 Å². The van der Waals surface area contributed by atoms with Gasteiger partial charge in [-0.25, -0.2) is 9.59 Å². The van der Waals surface area contributed by atoms with Crippen molar-refractivity contribution in [1.82, 2.24) is 15.5 Å². The maximum atomic E-state index is 11.8. The van der Waals surface area contributed by atoms with Crippen LogP contribution >= 0.6 is 0 Å². The number of carboxylic acid groups (broad SMARTS) is 1. The molecule has 1 rings (SSSR count). The number of carbonyl (C=O) groups is 4. The van der Waals surface area contributed by atoms with Gasteiger partial charge in [-0.05, 0) is 6.42 Å². The van der Waals surface area contributed by atoms with Gasteiger partial charge in [-0.2, -0.15) is 0 Å². The molecule has 1 saturated heterocycles. The number of methoxy groups -OCH3 is 1. The molecule has 1 atom stereocenters. The van der Waals surface area contributed by atoms with Crippen LogP contribution in [0, 0.1) is 0 Å². The van der Waals surface area contributed by atoms with Crippen molar-refractivity contribution in [2.45, 2.75) is 18.9 Å². The summed E-state index contributed by atoms with van der Waals surface area (Å²) in [6.45, 7) is 0.516. The van der Waals surface area contributed by atoms with Gasteiger partial charge in [0, 0.05) is 19.5 Å². The summed E-state index contributed by atoms with van der Waals surface area (Å²) in [4.78, 5) is 46.2. The highest BCUT2D eigenvalue weighted by atomic mass is 16.5. The molecular formula is C11H17N3O6. The van der Waals surface area contributed by atoms with E-state index in [0.29, 0.717) is 13.1 Å². The average molecular weight is 287 g/mol. The number of ether oxygens (including phenoxy) is 1. The van der Waals surface area contributed by atoms with Crippen molar-refractivity contribution in [3.63, 3.8) is 0 Å². The second kappa shape index (κ2) is 7.31. The summed E-state index contributed by atoms with van der Waals surface area (Å²) in [5, 5.41) is 13.8. The molecule has 0 aromatic heterocycles. The van der Waals surface area contributed by atoms with Crippen LogP contribution in [-0.2, 0) is 19.1 Å². The van der Waals surface area contributed by atoms with E-state index >= 15 is 0 Å². The average Bonchev–Trinajstić information content (AvgIpc) is 2.42. The highest BCUT2D eigenvalue weighted by molar-refractivity contribution is 5.87. The number of aliphatic carboxylic acids is 1. The number of piperazine rings is 1. The molecule has 0 aromatic carbocycles. The summed E-state index contributed by atoms with van der Waals surface area (Å²) in [5.41, 5.74) is 0. The Morgan fingerprint density at radius 1 is 1.50 bits per heavy atom. The van der Waals surface area contributed by atoms with Gasteiger partial charge in [0.05, 0.1) is 7.11 Å². The maximum absolute atomic E-state index is 11.8. The molecule has 0 bridgehead atoms. The summed E-state index contributed by atoms with van der Waals surface area (Å²) in [6.07, 6.45) is -0.192. The third-order valence-corrected chi connectivity index (χ3v) is 2.79. The van der Waals surface area contributed by atoms with Gasteiger partial charge < -0.3 is 25.4 Å². The molecule has 0 unspecified atom stereocenters. The quantitative estimate of drug-likeness (QED) is 0.530. The van der Waals surface area contributed by atoms with E-state index in [4.69, 9.17) is 5.11 Å². The van der Waals surface area contributed by atoms with Crippen LogP contribution in [0.25, 0.3) is 0 Å². The zero-order valence-electron chi connectivity index (χ0n) is 11.0. The van der Waals surface area contributed by atoms with Crippen molar-refractivity contribution in [3.05, 3.63) is 0 Å². The molecule has 9 nitrogen and oxygen atoms in total. The van der Waals surface area contributed by atoms with E-state index in [2.05, 4.69) is 15.4 Å². The minimum absolute atomic E-state index is 0.0756. The fourth-order valence-corrected chi connectivity index (χ4v) is 1.67. The van der Waals surface area contributed by atoms with E-state index in [9.17, 15) is 19.2 Å². The van der Waals surface area contributed by atoms with Crippen molar-refractivity contribution in [3.8, 4) is 0 Å². The monoisotopic (exact) mass is 287 g/mol. The lowest BCUT2D eigenvalue weighted by molar-refractivity contribution is -0.142. The lowest BCUT2D eigenvalue weighted by Gasteiger charge is -2.28. The zero-order valence-corrected chi connectivity index (χ0v) is 11.0. The molecule has 9 heteroatoms. The van der Waals surface area contributed by atoms with E-state index in [1.54, 1.807) is 0 Å². The number of hydrogen-bond donors (Lipinski definition) is 3. The highest BCUT2D eigenvalue weighted by Crippen LogP contribution is 2.02. The second-order valence-corrected chi connectivity index (χ2v) is 4.23. The first-order valence-corrected chi connectivity index (χ1v) is 6.05. The molecule has 1 heterocycles. The van der Waals surface area contributed by atoms with E-state index < -0.39 is 24.0 Å². The Bertz CT molecular complexity index is 411. The number of nitrogens with one attached hydrogen (secondary N) is 2. The molecule has 3 amide bonds. The highest BCUT2D eigenvalue weighted by Gasteiger charge is 2.26. The summed E-state index contributed by atoms with van der Waals surface area (Å²) < 4.78 is 4.41. The molecule has 0 radical (unpaired) electrons. The standard InChI is InChI=1S/C11H17N3O6/c1-20-9(16)3-2-7(10(17)18)13-11(19)14-5-4-12-8(15)6-14/h7H,2-6H2,1H3,(H,12,15)(H,13,19)(H,17,18)/t7-/m1/s1. The summed E-state index contributed by atoms with van der Waals surface area (Å²) >= 11 is 0. The van der Waals surface area contributed by atoms with E-state index in [1.807, 2.05) is 0 Å². The van der Waals surface area contributed by atoms with Crippen LogP contribution in [0.3, 0.4) is 0 Å². The second-order valence-electron chi connectivity index (χ2n) is 4.23. The zero-order chi connectivity index (χ0) is 15.1. The Morgan fingerprint density at radius 2 is 2.20 bits per heavy atom. The number of carbonyl (C=O) groups excluding carboxylic acids is 3. The Morgan fingerprint density at radius 3 is 2.75 bits per heavy atom. The van der Waals surface area contributed by atoms with Crippen LogP contribution in [0.15, 0.2) is 0 Å². The van der Waals surface area contributed by atoms with Crippen LogP contribution in [0.2, 0.25) is 0 Å². The van der Waals surface area contributed by atoms with Gasteiger partial charge in [-0.15, -0.1) is 0 Å². The van der Waals surface area contributed by atoms with Gasteiger partial charge in [0.15, 0.2) is 0 Å². The molecule has 1 aliphatic rings. The predicted octanol–water partition coefficient (Wildman–Crippen LogP) is -1.47. The molecule has 0 saturated carbocycles. The number of rotatable bonds is 5. The fourth-order valence-electron chi connectivity index (χ4n) is 1.67. The van der Waals surface area contributed by atoms with Crippen molar-refractivity contribution in [2.75, 3.05) is 26.7 Å². The van der Waals surface area contributed by atoms with Crippen LogP contribution < -0.4 is 10.6 Å². The van der Waals surface area contributed by atoms with Crippen LogP contribution in [-0.4, -0.2) is 66.7 Å². The minimum atomic E-state index is -1.25. The minimum Gasteiger partial charge on any atom is -0.480 e. The normalized spacial score (nSPS) is 16.1. The number of nitrogens with zero attached hydrogens (tertiary/aromatic N) is 1. The number of esters is 1. The van der Waals surface area contributed by atoms with Crippen molar-refractivity contribution < 1.29 is 29.0 Å². The lowest BCUT2D eigenvalue weighted by atomic mass is 10.1. The molecule has 112 valence electrons. The molecular weight excluding hydrogens is 270 g/mol. The third-order valence-electron chi connectivity index (χ3n) is 2.79. The number of urea groups is 1. The van der Waals surface area contributed by atoms with Crippen molar-refractivity contribution >= 4 is 23.9 Å².